The molecule has 0 aliphatic rings. The molecule has 2 rings (SSSR count). The molecule has 98 valence electrons. The average molecular weight is 319 g/mol. The zero-order valence-corrected chi connectivity index (χ0v) is 12.7. The van der Waals surface area contributed by atoms with E-state index in [1.54, 1.807) is 6.07 Å². The summed E-state index contributed by atoms with van der Waals surface area (Å²) in [6.07, 6.45) is 0.808. The fraction of sp³-hybridized carbons (Fsp3) is 0.188. The van der Waals surface area contributed by atoms with Crippen LogP contribution in [0.15, 0.2) is 34.8 Å². The molecule has 0 spiro atoms. The molecule has 0 N–H and O–H groups in total. The summed E-state index contributed by atoms with van der Waals surface area (Å²) in [5.41, 5.74) is 3.86. The van der Waals surface area contributed by atoms with Crippen LogP contribution >= 0.6 is 15.9 Å². The normalized spacial score (nSPS) is 10.3. The molecule has 0 aliphatic carbocycles. The van der Waals surface area contributed by atoms with Gasteiger partial charge in [0.1, 0.15) is 11.5 Å². The van der Waals surface area contributed by atoms with Gasteiger partial charge in [0, 0.05) is 4.47 Å². The highest BCUT2D eigenvalue weighted by molar-refractivity contribution is 9.10. The Morgan fingerprint density at radius 1 is 1.05 bits per heavy atom. The van der Waals surface area contributed by atoms with Crippen LogP contribution in [0.25, 0.3) is 0 Å². The average Bonchev–Trinajstić information content (AvgIpc) is 2.39. The summed E-state index contributed by atoms with van der Waals surface area (Å²) in [5.74, 6) is 1.39. The van der Waals surface area contributed by atoms with E-state index in [9.17, 15) is 4.79 Å². The molecule has 0 amide bonds. The van der Waals surface area contributed by atoms with Crippen molar-refractivity contribution in [3.8, 4) is 11.5 Å². The van der Waals surface area contributed by atoms with E-state index < -0.39 is 0 Å². The number of carbonyl (C=O) groups is 1. The summed E-state index contributed by atoms with van der Waals surface area (Å²) in [4.78, 5) is 11.1. The molecule has 0 unspecified atom stereocenters. The van der Waals surface area contributed by atoms with Gasteiger partial charge in [0.15, 0.2) is 6.29 Å². The summed E-state index contributed by atoms with van der Waals surface area (Å²) >= 11 is 3.39. The maximum Gasteiger partial charge on any atom is 0.153 e. The number of ether oxygens (including phenoxy) is 1. The standard InChI is InChI=1S/C16H15BrO2/c1-10-4-5-11(2)16(12(10)3)19-15-8-14(17)7-6-13(15)9-18/h4-9H,1-3H3. The Balaban J connectivity index is 2.50. The van der Waals surface area contributed by atoms with Gasteiger partial charge < -0.3 is 4.74 Å². The fourth-order valence-corrected chi connectivity index (χ4v) is 2.23. The summed E-state index contributed by atoms with van der Waals surface area (Å²) in [6.45, 7) is 6.07. The highest BCUT2D eigenvalue weighted by Crippen LogP contribution is 2.33. The monoisotopic (exact) mass is 318 g/mol. The predicted octanol–water partition coefficient (Wildman–Crippen LogP) is 4.98. The van der Waals surface area contributed by atoms with Crippen molar-refractivity contribution in [1.82, 2.24) is 0 Å². The van der Waals surface area contributed by atoms with Crippen molar-refractivity contribution in [3.63, 3.8) is 0 Å². The first-order valence-corrected chi connectivity index (χ1v) is 6.81. The molecule has 2 aromatic rings. The summed E-state index contributed by atoms with van der Waals surface area (Å²) < 4.78 is 6.85. The SMILES string of the molecule is Cc1ccc(C)c(Oc2cc(Br)ccc2C=O)c1C. The van der Waals surface area contributed by atoms with E-state index in [1.165, 1.54) is 5.56 Å². The van der Waals surface area contributed by atoms with Crippen LogP contribution < -0.4 is 4.74 Å². The van der Waals surface area contributed by atoms with Gasteiger partial charge in [0.2, 0.25) is 0 Å². The second-order valence-electron chi connectivity index (χ2n) is 4.56. The third-order valence-corrected chi connectivity index (χ3v) is 3.68. The Bertz CT molecular complexity index is 633. The maximum atomic E-state index is 11.1. The number of hydrogen-bond acceptors (Lipinski definition) is 2. The topological polar surface area (TPSA) is 26.3 Å². The Kier molecular flexibility index (Phi) is 4.05. The molecule has 2 aromatic carbocycles. The van der Waals surface area contributed by atoms with Crippen molar-refractivity contribution in [2.75, 3.05) is 0 Å². The number of aryl methyl sites for hydroxylation is 2. The van der Waals surface area contributed by atoms with Gasteiger partial charge >= 0.3 is 0 Å². The van der Waals surface area contributed by atoms with Crippen molar-refractivity contribution >= 4 is 22.2 Å². The first-order valence-electron chi connectivity index (χ1n) is 6.02. The lowest BCUT2D eigenvalue weighted by Crippen LogP contribution is -1.96. The van der Waals surface area contributed by atoms with E-state index in [1.807, 2.05) is 39.0 Å². The van der Waals surface area contributed by atoms with Crippen molar-refractivity contribution in [2.45, 2.75) is 20.8 Å². The van der Waals surface area contributed by atoms with E-state index in [-0.39, 0.29) is 0 Å². The van der Waals surface area contributed by atoms with Crippen LogP contribution in [0.2, 0.25) is 0 Å². The Hall–Kier alpha value is -1.61. The van der Waals surface area contributed by atoms with E-state index in [0.29, 0.717) is 11.3 Å². The molecule has 0 aromatic heterocycles. The molecule has 0 bridgehead atoms. The van der Waals surface area contributed by atoms with Crippen LogP contribution in [0.5, 0.6) is 11.5 Å². The third kappa shape index (κ3) is 2.87. The Morgan fingerprint density at radius 2 is 1.74 bits per heavy atom. The van der Waals surface area contributed by atoms with Crippen LogP contribution in [0.4, 0.5) is 0 Å². The summed E-state index contributed by atoms with van der Waals surface area (Å²) in [7, 11) is 0. The second kappa shape index (κ2) is 5.57. The molecule has 0 fully saturated rings. The summed E-state index contributed by atoms with van der Waals surface area (Å²) in [5, 5.41) is 0. The molecular weight excluding hydrogens is 304 g/mol. The third-order valence-electron chi connectivity index (χ3n) is 3.19. The highest BCUT2D eigenvalue weighted by atomic mass is 79.9. The van der Waals surface area contributed by atoms with Crippen LogP contribution in [-0.2, 0) is 0 Å². The lowest BCUT2D eigenvalue weighted by molar-refractivity contribution is 0.112. The highest BCUT2D eigenvalue weighted by Gasteiger charge is 2.11. The van der Waals surface area contributed by atoms with Crippen LogP contribution in [0.3, 0.4) is 0 Å². The zero-order valence-electron chi connectivity index (χ0n) is 11.2. The number of aldehydes is 1. The van der Waals surface area contributed by atoms with Crippen molar-refractivity contribution < 1.29 is 9.53 Å². The van der Waals surface area contributed by atoms with Crippen LogP contribution in [-0.4, -0.2) is 6.29 Å². The predicted molar refractivity (Wildman–Crippen MR) is 80.3 cm³/mol. The molecule has 19 heavy (non-hydrogen) atoms. The van der Waals surface area contributed by atoms with Gasteiger partial charge in [-0.25, -0.2) is 0 Å². The van der Waals surface area contributed by atoms with Gasteiger partial charge in [-0.1, -0.05) is 28.1 Å². The zero-order chi connectivity index (χ0) is 14.0. The minimum atomic E-state index is 0.545. The lowest BCUT2D eigenvalue weighted by atomic mass is 10.1. The largest absolute Gasteiger partial charge is 0.456 e. The smallest absolute Gasteiger partial charge is 0.153 e. The van der Waals surface area contributed by atoms with Gasteiger partial charge in [-0.2, -0.15) is 0 Å². The number of benzene rings is 2. The maximum absolute atomic E-state index is 11.1. The number of carbonyl (C=O) groups excluding carboxylic acids is 1. The quantitative estimate of drug-likeness (QED) is 0.746. The van der Waals surface area contributed by atoms with Gasteiger partial charge in [-0.3, -0.25) is 4.79 Å². The second-order valence-corrected chi connectivity index (χ2v) is 5.47. The van der Waals surface area contributed by atoms with E-state index in [0.717, 1.165) is 27.6 Å². The van der Waals surface area contributed by atoms with Gasteiger partial charge in [0.25, 0.3) is 0 Å². The number of hydrogen-bond donors (Lipinski definition) is 0. The van der Waals surface area contributed by atoms with E-state index >= 15 is 0 Å². The van der Waals surface area contributed by atoms with Crippen molar-refractivity contribution in [1.29, 1.82) is 0 Å². The van der Waals surface area contributed by atoms with Gasteiger partial charge in [-0.15, -0.1) is 0 Å². The van der Waals surface area contributed by atoms with Crippen molar-refractivity contribution in [2.24, 2.45) is 0 Å². The van der Waals surface area contributed by atoms with E-state index in [2.05, 4.69) is 22.0 Å². The number of rotatable bonds is 3. The Morgan fingerprint density at radius 3 is 2.42 bits per heavy atom. The molecule has 0 saturated heterocycles. The molecule has 0 atom stereocenters. The van der Waals surface area contributed by atoms with Crippen LogP contribution in [0, 0.1) is 20.8 Å². The molecule has 0 heterocycles. The van der Waals surface area contributed by atoms with Gasteiger partial charge in [0.05, 0.1) is 5.56 Å². The molecule has 0 radical (unpaired) electrons. The molecule has 2 nitrogen and oxygen atoms in total. The number of halogens is 1. The van der Waals surface area contributed by atoms with Gasteiger partial charge in [-0.05, 0) is 55.7 Å². The Labute approximate surface area is 121 Å². The first kappa shape index (κ1) is 13.8. The first-order chi connectivity index (χ1) is 9.02. The summed E-state index contributed by atoms with van der Waals surface area (Å²) in [6, 6.07) is 9.47. The minimum absolute atomic E-state index is 0.545. The molecule has 0 saturated carbocycles. The molecular formula is C16H15BrO2. The minimum Gasteiger partial charge on any atom is -0.456 e. The molecule has 0 aliphatic heterocycles. The van der Waals surface area contributed by atoms with E-state index in [4.69, 9.17) is 4.74 Å². The molecule has 3 heteroatoms. The lowest BCUT2D eigenvalue weighted by Gasteiger charge is -2.15. The fourth-order valence-electron chi connectivity index (χ4n) is 1.89. The van der Waals surface area contributed by atoms with Crippen molar-refractivity contribution in [3.05, 3.63) is 57.1 Å². The van der Waals surface area contributed by atoms with Crippen LogP contribution in [0.1, 0.15) is 27.0 Å².